The smallest absolute Gasteiger partial charge is 0.247 e. The van der Waals surface area contributed by atoms with Gasteiger partial charge in [0.1, 0.15) is 17.5 Å². The summed E-state index contributed by atoms with van der Waals surface area (Å²) in [5, 5.41) is 18.8. The van der Waals surface area contributed by atoms with Crippen molar-refractivity contribution >= 4 is 23.1 Å². The van der Waals surface area contributed by atoms with Gasteiger partial charge in [-0.15, -0.1) is 0 Å². The molecule has 0 spiro atoms. The Morgan fingerprint density at radius 3 is 2.36 bits per heavy atom. The first kappa shape index (κ1) is 21.8. The molecule has 1 amide bonds. The molecule has 0 radical (unpaired) electrons. The molecular formula is C26H23N3O4. The van der Waals surface area contributed by atoms with Crippen molar-refractivity contribution in [3.8, 4) is 5.75 Å². The number of carbonyl (C=O) groups excluding carboxylic acids is 2. The van der Waals surface area contributed by atoms with Crippen LogP contribution in [0.5, 0.6) is 5.75 Å². The number of allylic oxidation sites excluding steroid dienone is 2. The Hall–Kier alpha value is -4.39. The number of hydrogen-bond acceptors (Lipinski definition) is 6. The lowest BCUT2D eigenvalue weighted by atomic mass is 9.91. The largest absolute Gasteiger partial charge is 0.495 e. The van der Waals surface area contributed by atoms with Gasteiger partial charge < -0.3 is 20.6 Å². The number of carbonyl (C=O) groups is 2. The molecule has 4 rings (SSSR count). The standard InChI is InChI=1S/C26H23N3O4/c1-33-24-14-8-7-13-20(24)28-26(31)23(15-17-9-3-2-4-10-17)27-22-16-21(29-32)18-11-5-6-12-19(18)25(22)30/h2-14,16,23,27,32H,15H2,1H3,(H,28,31). The molecule has 1 atom stereocenters. The highest BCUT2D eigenvalue weighted by atomic mass is 16.5. The van der Waals surface area contributed by atoms with Crippen LogP contribution in [0.15, 0.2) is 95.8 Å². The predicted octanol–water partition coefficient (Wildman–Crippen LogP) is 3.79. The van der Waals surface area contributed by atoms with Crippen molar-refractivity contribution in [2.45, 2.75) is 12.5 Å². The Labute approximate surface area is 191 Å². The SMILES string of the molecule is COc1ccccc1NC(=O)C(Cc1ccccc1)NC1=CC(=NO)c2ccccc2C1=O. The molecule has 0 saturated heterocycles. The van der Waals surface area contributed by atoms with Crippen LogP contribution in [-0.2, 0) is 11.2 Å². The Bertz CT molecular complexity index is 1240. The molecule has 1 aliphatic rings. The van der Waals surface area contributed by atoms with Gasteiger partial charge in [-0.25, -0.2) is 0 Å². The average molecular weight is 441 g/mol. The molecule has 0 fully saturated rings. The van der Waals surface area contributed by atoms with Crippen LogP contribution in [0.2, 0.25) is 0 Å². The first-order valence-corrected chi connectivity index (χ1v) is 10.4. The quantitative estimate of drug-likeness (QED) is 0.383. The minimum atomic E-state index is -0.780. The molecule has 0 aliphatic heterocycles. The summed E-state index contributed by atoms with van der Waals surface area (Å²) in [6, 6.07) is 22.7. The van der Waals surface area contributed by atoms with E-state index in [1.807, 2.05) is 36.4 Å². The van der Waals surface area contributed by atoms with Crippen LogP contribution < -0.4 is 15.4 Å². The Kier molecular flexibility index (Phi) is 6.50. The lowest BCUT2D eigenvalue weighted by molar-refractivity contribution is -0.117. The summed E-state index contributed by atoms with van der Waals surface area (Å²) in [6.07, 6.45) is 1.79. The van der Waals surface area contributed by atoms with E-state index < -0.39 is 6.04 Å². The highest BCUT2D eigenvalue weighted by Gasteiger charge is 2.28. The first-order chi connectivity index (χ1) is 16.1. The molecular weight excluding hydrogens is 418 g/mol. The Balaban J connectivity index is 1.65. The molecule has 33 heavy (non-hydrogen) atoms. The number of amides is 1. The zero-order chi connectivity index (χ0) is 23.2. The molecule has 0 aromatic heterocycles. The van der Waals surface area contributed by atoms with Gasteiger partial charge in [-0.05, 0) is 23.8 Å². The van der Waals surface area contributed by atoms with Crippen molar-refractivity contribution in [1.29, 1.82) is 0 Å². The first-order valence-electron chi connectivity index (χ1n) is 10.4. The van der Waals surface area contributed by atoms with Crippen molar-refractivity contribution in [3.63, 3.8) is 0 Å². The highest BCUT2D eigenvalue weighted by Crippen LogP contribution is 2.24. The minimum absolute atomic E-state index is 0.178. The number of anilines is 1. The molecule has 1 unspecified atom stereocenters. The van der Waals surface area contributed by atoms with Crippen LogP contribution in [0.25, 0.3) is 0 Å². The average Bonchev–Trinajstić information content (AvgIpc) is 2.86. The number of oxime groups is 1. The normalized spacial score (nSPS) is 14.8. The van der Waals surface area contributed by atoms with Crippen molar-refractivity contribution in [2.75, 3.05) is 12.4 Å². The molecule has 0 heterocycles. The zero-order valence-corrected chi connectivity index (χ0v) is 18.0. The van der Waals surface area contributed by atoms with Crippen molar-refractivity contribution in [3.05, 3.63) is 107 Å². The lowest BCUT2D eigenvalue weighted by Crippen LogP contribution is -2.44. The topological polar surface area (TPSA) is 100 Å². The number of fused-ring (bicyclic) bond motifs is 1. The van der Waals surface area contributed by atoms with Gasteiger partial charge in [0, 0.05) is 17.5 Å². The summed E-state index contributed by atoms with van der Waals surface area (Å²) in [5.74, 6) is -0.0829. The third-order valence-corrected chi connectivity index (χ3v) is 5.37. The fourth-order valence-electron chi connectivity index (χ4n) is 3.73. The Morgan fingerprint density at radius 2 is 1.64 bits per heavy atom. The molecule has 7 heteroatoms. The predicted molar refractivity (Wildman–Crippen MR) is 126 cm³/mol. The van der Waals surface area contributed by atoms with E-state index in [2.05, 4.69) is 15.8 Å². The van der Waals surface area contributed by atoms with Gasteiger partial charge in [0.05, 0.1) is 18.5 Å². The number of rotatable bonds is 7. The van der Waals surface area contributed by atoms with E-state index in [0.717, 1.165) is 5.56 Å². The number of Topliss-reactive ketones (excluding diaryl/α,β-unsaturated/α-hetero) is 1. The number of ketones is 1. The van der Waals surface area contributed by atoms with E-state index in [-0.39, 0.29) is 23.1 Å². The number of hydrogen-bond donors (Lipinski definition) is 3. The molecule has 3 aromatic rings. The summed E-state index contributed by atoms with van der Waals surface area (Å²) in [5.41, 5.74) is 2.81. The second-order valence-corrected chi connectivity index (χ2v) is 7.49. The van der Waals surface area contributed by atoms with E-state index in [1.54, 1.807) is 42.5 Å². The van der Waals surface area contributed by atoms with E-state index in [4.69, 9.17) is 4.74 Å². The van der Waals surface area contributed by atoms with Crippen LogP contribution in [0, 0.1) is 0 Å². The van der Waals surface area contributed by atoms with E-state index in [1.165, 1.54) is 13.2 Å². The number of nitrogens with one attached hydrogen (secondary N) is 2. The van der Waals surface area contributed by atoms with Crippen molar-refractivity contribution in [2.24, 2.45) is 5.16 Å². The van der Waals surface area contributed by atoms with Crippen LogP contribution in [-0.4, -0.2) is 35.8 Å². The molecule has 7 nitrogen and oxygen atoms in total. The number of benzene rings is 3. The number of methoxy groups -OCH3 is 1. The van der Waals surface area contributed by atoms with Gasteiger partial charge in [0.15, 0.2) is 0 Å². The third kappa shape index (κ3) is 4.77. The molecule has 1 aliphatic carbocycles. The van der Waals surface area contributed by atoms with Crippen LogP contribution in [0.4, 0.5) is 5.69 Å². The summed E-state index contributed by atoms with van der Waals surface area (Å²) >= 11 is 0. The van der Waals surface area contributed by atoms with Gasteiger partial charge in [0.2, 0.25) is 11.7 Å². The van der Waals surface area contributed by atoms with E-state index in [9.17, 15) is 14.8 Å². The maximum Gasteiger partial charge on any atom is 0.247 e. The molecule has 3 aromatic carbocycles. The fourth-order valence-corrected chi connectivity index (χ4v) is 3.73. The van der Waals surface area contributed by atoms with Crippen molar-refractivity contribution < 1.29 is 19.5 Å². The summed E-state index contributed by atoms with van der Waals surface area (Å²) in [7, 11) is 1.53. The maximum absolute atomic E-state index is 13.3. The van der Waals surface area contributed by atoms with Gasteiger partial charge in [-0.2, -0.15) is 0 Å². The minimum Gasteiger partial charge on any atom is -0.495 e. The molecule has 3 N–H and O–H groups in total. The van der Waals surface area contributed by atoms with Crippen LogP contribution in [0.1, 0.15) is 21.5 Å². The Morgan fingerprint density at radius 1 is 0.970 bits per heavy atom. The van der Waals surface area contributed by atoms with Crippen LogP contribution in [0.3, 0.4) is 0 Å². The van der Waals surface area contributed by atoms with Gasteiger partial charge in [-0.3, -0.25) is 9.59 Å². The monoisotopic (exact) mass is 441 g/mol. The van der Waals surface area contributed by atoms with E-state index in [0.29, 0.717) is 29.0 Å². The summed E-state index contributed by atoms with van der Waals surface area (Å²) in [6.45, 7) is 0. The summed E-state index contributed by atoms with van der Waals surface area (Å²) in [4.78, 5) is 26.4. The maximum atomic E-state index is 13.3. The fraction of sp³-hybridized carbons (Fsp3) is 0.115. The van der Waals surface area contributed by atoms with Gasteiger partial charge in [-0.1, -0.05) is 71.9 Å². The zero-order valence-electron chi connectivity index (χ0n) is 18.0. The van der Waals surface area contributed by atoms with Crippen LogP contribution >= 0.6 is 0 Å². The second-order valence-electron chi connectivity index (χ2n) is 7.49. The van der Waals surface area contributed by atoms with Crippen molar-refractivity contribution in [1.82, 2.24) is 5.32 Å². The van der Waals surface area contributed by atoms with Gasteiger partial charge in [0.25, 0.3) is 0 Å². The number of para-hydroxylation sites is 2. The lowest BCUT2D eigenvalue weighted by Gasteiger charge is -2.24. The molecule has 166 valence electrons. The number of nitrogens with zero attached hydrogens (tertiary/aromatic N) is 1. The van der Waals surface area contributed by atoms with Gasteiger partial charge >= 0.3 is 0 Å². The second kappa shape index (κ2) is 9.82. The number of ether oxygens (including phenoxy) is 1. The summed E-state index contributed by atoms with van der Waals surface area (Å²) < 4.78 is 5.33. The highest BCUT2D eigenvalue weighted by molar-refractivity contribution is 6.26. The molecule has 0 saturated carbocycles. The molecule has 0 bridgehead atoms. The van der Waals surface area contributed by atoms with E-state index >= 15 is 0 Å². The third-order valence-electron chi connectivity index (χ3n) is 5.37.